The van der Waals surface area contributed by atoms with Crippen molar-refractivity contribution in [2.45, 2.75) is 31.8 Å². The quantitative estimate of drug-likeness (QED) is 0.836. The molecule has 6 heteroatoms. The number of carbonyl (C=O) groups excluding carboxylic acids is 1. The Balaban J connectivity index is 2.02. The molecule has 4 nitrogen and oxygen atoms in total. The van der Waals surface area contributed by atoms with Crippen molar-refractivity contribution in [3.05, 3.63) is 34.6 Å². The van der Waals surface area contributed by atoms with Crippen molar-refractivity contribution in [2.24, 2.45) is 0 Å². The number of hydrogen-bond donors (Lipinski definition) is 1. The molecule has 0 saturated carbocycles. The highest BCUT2D eigenvalue weighted by molar-refractivity contribution is 6.31. The van der Waals surface area contributed by atoms with Crippen LogP contribution in [0.3, 0.4) is 0 Å². The summed E-state index contributed by atoms with van der Waals surface area (Å²) in [6.45, 7) is 2.30. The second-order valence-electron chi connectivity index (χ2n) is 5.54. The molecule has 1 heterocycles. The maximum Gasteiger partial charge on any atom is 0.224 e. The number of ether oxygens (including phenoxy) is 1. The fourth-order valence-corrected chi connectivity index (χ4v) is 2.85. The van der Waals surface area contributed by atoms with Gasteiger partial charge in [-0.2, -0.15) is 0 Å². The summed E-state index contributed by atoms with van der Waals surface area (Å²) in [4.78, 5) is 14.2. The maximum atomic E-state index is 13.1. The highest BCUT2D eigenvalue weighted by Crippen LogP contribution is 2.20. The summed E-state index contributed by atoms with van der Waals surface area (Å²) in [5.74, 6) is -0.310. The van der Waals surface area contributed by atoms with Gasteiger partial charge in [0.15, 0.2) is 0 Å². The molecule has 1 N–H and O–H groups in total. The lowest BCUT2D eigenvalue weighted by Crippen LogP contribution is -2.37. The van der Waals surface area contributed by atoms with E-state index in [0.29, 0.717) is 31.1 Å². The number of benzene rings is 1. The molecule has 1 fully saturated rings. The molecular formula is C16H22ClFN2O2. The van der Waals surface area contributed by atoms with E-state index in [2.05, 4.69) is 5.32 Å². The van der Waals surface area contributed by atoms with Crippen molar-refractivity contribution in [3.8, 4) is 0 Å². The van der Waals surface area contributed by atoms with E-state index >= 15 is 0 Å². The second kappa shape index (κ2) is 8.46. The number of carbonyl (C=O) groups is 1. The molecule has 1 amide bonds. The zero-order chi connectivity index (χ0) is 15.9. The van der Waals surface area contributed by atoms with Gasteiger partial charge in [0.2, 0.25) is 5.91 Å². The van der Waals surface area contributed by atoms with E-state index in [4.69, 9.17) is 16.3 Å². The molecular weight excluding hydrogens is 307 g/mol. The monoisotopic (exact) mass is 328 g/mol. The fraction of sp³-hybridized carbons (Fsp3) is 0.562. The highest BCUT2D eigenvalue weighted by Gasteiger charge is 2.22. The van der Waals surface area contributed by atoms with Crippen LogP contribution in [0.4, 0.5) is 4.39 Å². The van der Waals surface area contributed by atoms with Crippen molar-refractivity contribution in [2.75, 3.05) is 26.8 Å². The highest BCUT2D eigenvalue weighted by atomic mass is 35.5. The van der Waals surface area contributed by atoms with Gasteiger partial charge in [0, 0.05) is 37.7 Å². The largest absolute Gasteiger partial charge is 0.383 e. The lowest BCUT2D eigenvalue weighted by molar-refractivity contribution is -0.132. The van der Waals surface area contributed by atoms with Crippen LogP contribution in [-0.2, 0) is 16.1 Å². The third-order valence-corrected chi connectivity index (χ3v) is 4.23. The summed E-state index contributed by atoms with van der Waals surface area (Å²) in [6.07, 6.45) is 2.61. The van der Waals surface area contributed by atoms with Gasteiger partial charge in [-0.1, -0.05) is 17.7 Å². The third kappa shape index (κ3) is 4.93. The predicted octanol–water partition coefficient (Wildman–Crippen LogP) is 2.60. The molecule has 0 spiro atoms. The zero-order valence-corrected chi connectivity index (χ0v) is 13.5. The average molecular weight is 329 g/mol. The lowest BCUT2D eigenvalue weighted by Gasteiger charge is -2.24. The van der Waals surface area contributed by atoms with Gasteiger partial charge in [0.1, 0.15) is 5.82 Å². The molecule has 2 rings (SSSR count). The van der Waals surface area contributed by atoms with E-state index in [0.717, 1.165) is 24.9 Å². The molecule has 1 aromatic rings. The van der Waals surface area contributed by atoms with Crippen molar-refractivity contribution in [1.82, 2.24) is 10.2 Å². The molecule has 22 heavy (non-hydrogen) atoms. The van der Waals surface area contributed by atoms with Crippen LogP contribution >= 0.6 is 11.6 Å². The topological polar surface area (TPSA) is 41.6 Å². The van der Waals surface area contributed by atoms with Crippen molar-refractivity contribution >= 4 is 17.5 Å². The summed E-state index contributed by atoms with van der Waals surface area (Å²) < 4.78 is 18.2. The first-order valence-electron chi connectivity index (χ1n) is 7.54. The Labute approximate surface area is 135 Å². The van der Waals surface area contributed by atoms with Crippen LogP contribution in [-0.4, -0.2) is 43.7 Å². The van der Waals surface area contributed by atoms with Gasteiger partial charge >= 0.3 is 0 Å². The van der Waals surface area contributed by atoms with Crippen LogP contribution in [0.15, 0.2) is 18.2 Å². The van der Waals surface area contributed by atoms with E-state index in [-0.39, 0.29) is 17.8 Å². The molecule has 0 bridgehead atoms. The number of nitrogens with zero attached hydrogens (tertiary/aromatic N) is 1. The van der Waals surface area contributed by atoms with Gasteiger partial charge in [-0.15, -0.1) is 0 Å². The van der Waals surface area contributed by atoms with Crippen LogP contribution < -0.4 is 5.32 Å². The van der Waals surface area contributed by atoms with Crippen molar-refractivity contribution < 1.29 is 13.9 Å². The number of amides is 1. The van der Waals surface area contributed by atoms with E-state index in [9.17, 15) is 9.18 Å². The minimum atomic E-state index is -0.376. The zero-order valence-electron chi connectivity index (χ0n) is 12.8. The van der Waals surface area contributed by atoms with Crippen LogP contribution in [0.5, 0.6) is 0 Å². The predicted molar refractivity (Wildman–Crippen MR) is 84.3 cm³/mol. The first-order chi connectivity index (χ1) is 10.6. The van der Waals surface area contributed by atoms with Crippen LogP contribution in [0.2, 0.25) is 5.02 Å². The summed E-state index contributed by atoms with van der Waals surface area (Å²) in [7, 11) is 1.60. The molecule has 1 aliphatic rings. The molecule has 1 saturated heterocycles. The lowest BCUT2D eigenvalue weighted by atomic mass is 10.1. The summed E-state index contributed by atoms with van der Waals surface area (Å²) in [5, 5.41) is 3.67. The van der Waals surface area contributed by atoms with E-state index < -0.39 is 0 Å². The van der Waals surface area contributed by atoms with Gasteiger partial charge in [-0.25, -0.2) is 4.39 Å². The standard InChI is InChI=1S/C16H22ClFN2O2/c1-22-8-7-20(16(21)10-14-3-2-6-19-14)11-12-4-5-13(18)9-15(12)17/h4-5,9,14,19H,2-3,6-8,10-11H2,1H3. The maximum absolute atomic E-state index is 13.1. The molecule has 1 unspecified atom stereocenters. The van der Waals surface area contributed by atoms with Gasteiger partial charge in [-0.05, 0) is 37.1 Å². The van der Waals surface area contributed by atoms with Gasteiger partial charge in [0.05, 0.1) is 6.61 Å². The second-order valence-corrected chi connectivity index (χ2v) is 5.95. The Bertz CT molecular complexity index is 507. The van der Waals surface area contributed by atoms with E-state index in [1.54, 1.807) is 18.1 Å². The van der Waals surface area contributed by atoms with Crippen LogP contribution in [0, 0.1) is 5.82 Å². The Morgan fingerprint density at radius 2 is 2.36 bits per heavy atom. The van der Waals surface area contributed by atoms with Gasteiger partial charge < -0.3 is 15.0 Å². The first-order valence-corrected chi connectivity index (χ1v) is 7.92. The summed E-state index contributed by atoms with van der Waals surface area (Å²) in [5.41, 5.74) is 0.743. The first kappa shape index (κ1) is 17.2. The summed E-state index contributed by atoms with van der Waals surface area (Å²) >= 11 is 6.06. The molecule has 122 valence electrons. The molecule has 0 radical (unpaired) electrons. The minimum absolute atomic E-state index is 0.0665. The number of methoxy groups -OCH3 is 1. The van der Waals surface area contributed by atoms with Crippen LogP contribution in [0.1, 0.15) is 24.8 Å². The smallest absolute Gasteiger partial charge is 0.224 e. The normalized spacial score (nSPS) is 17.7. The molecule has 0 aromatic heterocycles. The summed E-state index contributed by atoms with van der Waals surface area (Å²) in [6, 6.07) is 4.51. The SMILES string of the molecule is COCCN(Cc1ccc(F)cc1Cl)C(=O)CC1CCCN1. The number of rotatable bonds is 7. The molecule has 0 aliphatic carbocycles. The minimum Gasteiger partial charge on any atom is -0.383 e. The van der Waals surface area contributed by atoms with Crippen molar-refractivity contribution in [1.29, 1.82) is 0 Å². The number of halogens is 2. The van der Waals surface area contributed by atoms with Gasteiger partial charge in [-0.3, -0.25) is 4.79 Å². The number of hydrogen-bond acceptors (Lipinski definition) is 3. The Hall–Kier alpha value is -1.17. The fourth-order valence-electron chi connectivity index (χ4n) is 2.62. The Kier molecular flexibility index (Phi) is 6.61. The van der Waals surface area contributed by atoms with E-state index in [1.807, 2.05) is 0 Å². The van der Waals surface area contributed by atoms with Gasteiger partial charge in [0.25, 0.3) is 0 Å². The molecule has 1 aliphatic heterocycles. The van der Waals surface area contributed by atoms with Crippen molar-refractivity contribution in [3.63, 3.8) is 0 Å². The Morgan fingerprint density at radius 1 is 1.55 bits per heavy atom. The molecule has 1 atom stereocenters. The average Bonchev–Trinajstić information content (AvgIpc) is 2.98. The van der Waals surface area contributed by atoms with Crippen LogP contribution in [0.25, 0.3) is 0 Å². The van der Waals surface area contributed by atoms with E-state index in [1.165, 1.54) is 12.1 Å². The molecule has 1 aromatic carbocycles. The third-order valence-electron chi connectivity index (χ3n) is 3.88. The number of nitrogens with one attached hydrogen (secondary N) is 1. The Morgan fingerprint density at radius 3 is 3.00 bits per heavy atom.